The number of nitrogens with zero attached hydrogens (tertiary/aromatic N) is 2. The van der Waals surface area contributed by atoms with E-state index < -0.39 is 0 Å². The van der Waals surface area contributed by atoms with Crippen molar-refractivity contribution in [1.29, 1.82) is 0 Å². The summed E-state index contributed by atoms with van der Waals surface area (Å²) in [5, 5.41) is 7.87. The fourth-order valence-corrected chi connectivity index (χ4v) is 3.67. The first-order chi connectivity index (χ1) is 13.6. The van der Waals surface area contributed by atoms with E-state index in [9.17, 15) is 0 Å². The molecule has 6 heteroatoms. The number of fused-ring (bicyclic) bond motifs is 1. The Kier molecular flexibility index (Phi) is 5.17. The smallest absolute Gasteiger partial charge is 0.115 e. The maximum Gasteiger partial charge on any atom is 0.115 e. The van der Waals surface area contributed by atoms with Gasteiger partial charge < -0.3 is 16.4 Å². The van der Waals surface area contributed by atoms with Crippen LogP contribution in [0.25, 0.3) is 16.8 Å². The summed E-state index contributed by atoms with van der Waals surface area (Å²) in [6.45, 7) is 2.76. The van der Waals surface area contributed by atoms with Gasteiger partial charge in [0.25, 0.3) is 0 Å². The first kappa shape index (κ1) is 18.3. The predicted molar refractivity (Wildman–Crippen MR) is 115 cm³/mol. The fourth-order valence-electron chi connectivity index (χ4n) is 3.55. The van der Waals surface area contributed by atoms with E-state index in [2.05, 4.69) is 38.8 Å². The molecule has 0 spiro atoms. The molecule has 142 valence electrons. The Morgan fingerprint density at radius 3 is 2.57 bits per heavy atom. The zero-order valence-corrected chi connectivity index (χ0v) is 16.4. The fraction of sp³-hybridized carbons (Fsp3) is 0.182. The van der Waals surface area contributed by atoms with Crippen molar-refractivity contribution in [2.24, 2.45) is 5.73 Å². The second-order valence-electron chi connectivity index (χ2n) is 6.91. The van der Waals surface area contributed by atoms with Crippen LogP contribution in [-0.2, 0) is 0 Å². The third kappa shape index (κ3) is 3.80. The van der Waals surface area contributed by atoms with Crippen LogP contribution in [0.5, 0.6) is 0 Å². The van der Waals surface area contributed by atoms with Gasteiger partial charge >= 0.3 is 0 Å². The van der Waals surface area contributed by atoms with Crippen LogP contribution < -0.4 is 16.4 Å². The van der Waals surface area contributed by atoms with E-state index in [0.717, 1.165) is 51.8 Å². The standard InChI is InChI=1S/C22H22ClN5/c1-14(24)22-19-7-2-15(16-11-25-13-26-12-16)10-20(19)21(8-9-27-22)28-18-5-3-17(23)4-6-18/h2-7,10-13,21,27-28H,8-9,24H2,1H3/b22-14-. The van der Waals surface area contributed by atoms with Crippen molar-refractivity contribution in [3.8, 4) is 11.1 Å². The van der Waals surface area contributed by atoms with Crippen LogP contribution in [-0.4, -0.2) is 16.5 Å². The third-order valence-electron chi connectivity index (χ3n) is 4.90. The normalized spacial score (nSPS) is 17.9. The summed E-state index contributed by atoms with van der Waals surface area (Å²) >= 11 is 6.03. The number of rotatable bonds is 3. The maximum atomic E-state index is 6.18. The number of hydrogen-bond acceptors (Lipinski definition) is 5. The molecule has 1 aliphatic heterocycles. The Morgan fingerprint density at radius 1 is 1.11 bits per heavy atom. The molecule has 0 saturated carbocycles. The van der Waals surface area contributed by atoms with E-state index in [-0.39, 0.29) is 6.04 Å². The van der Waals surface area contributed by atoms with Gasteiger partial charge in [-0.2, -0.15) is 0 Å². The van der Waals surface area contributed by atoms with Crippen LogP contribution in [0.4, 0.5) is 5.69 Å². The quantitative estimate of drug-likeness (QED) is 0.608. The van der Waals surface area contributed by atoms with Crippen LogP contribution in [0.3, 0.4) is 0 Å². The zero-order valence-electron chi connectivity index (χ0n) is 15.6. The number of hydrogen-bond donors (Lipinski definition) is 3. The van der Waals surface area contributed by atoms with Crippen molar-refractivity contribution in [1.82, 2.24) is 15.3 Å². The van der Waals surface area contributed by atoms with Gasteiger partial charge in [0.05, 0.1) is 11.7 Å². The summed E-state index contributed by atoms with van der Waals surface area (Å²) in [7, 11) is 0. The maximum absolute atomic E-state index is 6.18. The first-order valence-corrected chi connectivity index (χ1v) is 9.61. The van der Waals surface area contributed by atoms with Gasteiger partial charge in [-0.15, -0.1) is 0 Å². The zero-order chi connectivity index (χ0) is 19.5. The molecule has 1 unspecified atom stereocenters. The highest BCUT2D eigenvalue weighted by Gasteiger charge is 2.23. The minimum atomic E-state index is 0.130. The summed E-state index contributed by atoms with van der Waals surface area (Å²) in [5.41, 5.74) is 13.4. The number of benzene rings is 2. The molecule has 0 aliphatic carbocycles. The van der Waals surface area contributed by atoms with Crippen LogP contribution >= 0.6 is 11.6 Å². The summed E-state index contributed by atoms with van der Waals surface area (Å²) in [4.78, 5) is 8.30. The largest absolute Gasteiger partial charge is 0.401 e. The van der Waals surface area contributed by atoms with Gasteiger partial charge in [0.2, 0.25) is 0 Å². The van der Waals surface area contributed by atoms with Crippen molar-refractivity contribution in [3.05, 3.63) is 83.0 Å². The highest BCUT2D eigenvalue weighted by atomic mass is 35.5. The lowest BCUT2D eigenvalue weighted by Gasteiger charge is -2.21. The molecule has 0 amide bonds. The van der Waals surface area contributed by atoms with Gasteiger partial charge in [-0.3, -0.25) is 0 Å². The van der Waals surface area contributed by atoms with Gasteiger partial charge in [0, 0.05) is 46.5 Å². The molecule has 1 atom stereocenters. The molecular formula is C22H22ClN5. The SMILES string of the molecule is C/C(N)=C1/NCCC(Nc2ccc(Cl)cc2)c2cc(-c3cncnc3)ccc21. The van der Waals surface area contributed by atoms with Crippen molar-refractivity contribution in [2.45, 2.75) is 19.4 Å². The van der Waals surface area contributed by atoms with Crippen molar-refractivity contribution >= 4 is 23.0 Å². The minimum absolute atomic E-state index is 0.130. The highest BCUT2D eigenvalue weighted by Crippen LogP contribution is 2.35. The summed E-state index contributed by atoms with van der Waals surface area (Å²) in [6, 6.07) is 14.3. The topological polar surface area (TPSA) is 75.9 Å². The Morgan fingerprint density at radius 2 is 1.86 bits per heavy atom. The van der Waals surface area contributed by atoms with Crippen LogP contribution in [0.1, 0.15) is 30.5 Å². The number of anilines is 1. The number of aromatic nitrogens is 2. The molecular weight excluding hydrogens is 370 g/mol. The minimum Gasteiger partial charge on any atom is -0.401 e. The van der Waals surface area contributed by atoms with Crippen LogP contribution in [0.15, 0.2) is 66.9 Å². The molecule has 1 aliphatic rings. The highest BCUT2D eigenvalue weighted by molar-refractivity contribution is 6.30. The summed E-state index contributed by atoms with van der Waals surface area (Å²) in [5.74, 6) is 0. The summed E-state index contributed by atoms with van der Waals surface area (Å²) in [6.07, 6.45) is 6.12. The average molecular weight is 392 g/mol. The summed E-state index contributed by atoms with van der Waals surface area (Å²) < 4.78 is 0. The molecule has 0 fully saturated rings. The molecule has 0 bridgehead atoms. The molecule has 5 nitrogen and oxygen atoms in total. The van der Waals surface area contributed by atoms with Crippen LogP contribution in [0, 0.1) is 0 Å². The van der Waals surface area contributed by atoms with E-state index >= 15 is 0 Å². The van der Waals surface area contributed by atoms with Crippen molar-refractivity contribution in [2.75, 3.05) is 11.9 Å². The molecule has 0 radical (unpaired) electrons. The molecule has 2 heterocycles. The number of nitrogens with two attached hydrogens (primary N) is 1. The van der Waals surface area contributed by atoms with E-state index in [1.807, 2.05) is 43.6 Å². The van der Waals surface area contributed by atoms with E-state index in [1.165, 1.54) is 5.56 Å². The van der Waals surface area contributed by atoms with E-state index in [0.29, 0.717) is 0 Å². The lowest BCUT2D eigenvalue weighted by molar-refractivity contribution is 0.683. The Bertz CT molecular complexity index is 995. The van der Waals surface area contributed by atoms with Crippen LogP contribution in [0.2, 0.25) is 5.02 Å². The number of halogens is 1. The van der Waals surface area contributed by atoms with Gasteiger partial charge in [-0.1, -0.05) is 23.7 Å². The van der Waals surface area contributed by atoms with Gasteiger partial charge in [-0.05, 0) is 54.8 Å². The number of nitrogens with one attached hydrogen (secondary N) is 2. The monoisotopic (exact) mass is 391 g/mol. The molecule has 0 saturated heterocycles. The lowest BCUT2D eigenvalue weighted by atomic mass is 9.93. The first-order valence-electron chi connectivity index (χ1n) is 9.24. The molecule has 3 aromatic rings. The molecule has 1 aromatic heterocycles. The second kappa shape index (κ2) is 7.90. The van der Waals surface area contributed by atoms with Gasteiger partial charge in [0.15, 0.2) is 0 Å². The third-order valence-corrected chi connectivity index (χ3v) is 5.16. The Labute approximate surface area is 169 Å². The molecule has 4 rings (SSSR count). The molecule has 2 aromatic carbocycles. The van der Waals surface area contributed by atoms with E-state index in [1.54, 1.807) is 6.33 Å². The average Bonchev–Trinajstić information content (AvgIpc) is 2.89. The van der Waals surface area contributed by atoms with E-state index in [4.69, 9.17) is 17.3 Å². The van der Waals surface area contributed by atoms with Crippen molar-refractivity contribution < 1.29 is 0 Å². The van der Waals surface area contributed by atoms with Crippen molar-refractivity contribution in [3.63, 3.8) is 0 Å². The molecule has 28 heavy (non-hydrogen) atoms. The number of allylic oxidation sites excluding steroid dienone is 1. The van der Waals surface area contributed by atoms with Gasteiger partial charge in [0.1, 0.15) is 6.33 Å². The second-order valence-corrected chi connectivity index (χ2v) is 7.34. The van der Waals surface area contributed by atoms with Gasteiger partial charge in [-0.25, -0.2) is 9.97 Å². The Hall–Kier alpha value is -3.05. The predicted octanol–water partition coefficient (Wildman–Crippen LogP) is 4.59. The Balaban J connectivity index is 1.79. The molecule has 4 N–H and O–H groups in total. The lowest BCUT2D eigenvalue weighted by Crippen LogP contribution is -2.16.